The first-order valence-electron chi connectivity index (χ1n) is 11.6. The monoisotopic (exact) mass is 451 g/mol. The summed E-state index contributed by atoms with van der Waals surface area (Å²) in [6.45, 7) is 3.28. The van der Waals surface area contributed by atoms with Crippen molar-refractivity contribution in [1.29, 1.82) is 0 Å². The molecule has 2 unspecified atom stereocenters. The van der Waals surface area contributed by atoms with Gasteiger partial charge in [0, 0.05) is 65.2 Å². The fraction of sp³-hybridized carbons (Fsp3) is 0.222. The number of Topliss-reactive ketones (excluding diaryl/α,β-unsaturated/α-hetero) is 1. The summed E-state index contributed by atoms with van der Waals surface area (Å²) in [6.07, 6.45) is 10.0. The molecule has 0 spiro atoms. The van der Waals surface area contributed by atoms with E-state index in [-0.39, 0.29) is 11.8 Å². The minimum atomic E-state index is -0.572. The summed E-state index contributed by atoms with van der Waals surface area (Å²) < 4.78 is 1.99. The van der Waals surface area contributed by atoms with Gasteiger partial charge in [0.05, 0.1) is 18.3 Å². The number of aromatic amines is 2. The smallest absolute Gasteiger partial charge is 0.291 e. The second kappa shape index (κ2) is 8.02. The highest BCUT2D eigenvalue weighted by atomic mass is 16.2. The van der Waals surface area contributed by atoms with E-state index in [0.29, 0.717) is 6.54 Å². The number of nitrogens with one attached hydrogen (secondary N) is 2. The van der Waals surface area contributed by atoms with Crippen LogP contribution in [0.3, 0.4) is 0 Å². The predicted molar refractivity (Wildman–Crippen MR) is 130 cm³/mol. The third-order valence-corrected chi connectivity index (χ3v) is 6.92. The normalized spacial score (nSPS) is 18.6. The number of hydrogen-bond acceptors (Lipinski definition) is 3. The molecule has 7 nitrogen and oxygen atoms in total. The minimum absolute atomic E-state index is 0.348. The van der Waals surface area contributed by atoms with E-state index in [2.05, 4.69) is 40.1 Å². The molecule has 2 aromatic carbocycles. The van der Waals surface area contributed by atoms with E-state index in [9.17, 15) is 9.59 Å². The molecule has 1 aliphatic heterocycles. The second-order valence-corrected chi connectivity index (χ2v) is 9.02. The van der Waals surface area contributed by atoms with Crippen molar-refractivity contribution in [2.75, 3.05) is 6.54 Å². The van der Waals surface area contributed by atoms with Crippen molar-refractivity contribution in [3.05, 3.63) is 90.3 Å². The Hall–Kier alpha value is -4.13. The third-order valence-electron chi connectivity index (χ3n) is 6.92. The van der Waals surface area contributed by atoms with E-state index in [1.807, 2.05) is 47.4 Å². The van der Waals surface area contributed by atoms with Gasteiger partial charge in [0.2, 0.25) is 5.78 Å². The van der Waals surface area contributed by atoms with Crippen LogP contribution in [0.2, 0.25) is 0 Å². The number of aromatic nitrogens is 4. The van der Waals surface area contributed by atoms with Crippen LogP contribution in [0.25, 0.3) is 21.8 Å². The van der Waals surface area contributed by atoms with E-state index in [1.54, 1.807) is 17.4 Å². The Kier molecular flexibility index (Phi) is 4.83. The summed E-state index contributed by atoms with van der Waals surface area (Å²) in [5.41, 5.74) is 4.98. The average molecular weight is 452 g/mol. The number of hydrogen-bond donors (Lipinski definition) is 2. The first-order valence-corrected chi connectivity index (χ1v) is 11.6. The number of para-hydroxylation sites is 1. The van der Waals surface area contributed by atoms with Crippen LogP contribution >= 0.6 is 0 Å². The summed E-state index contributed by atoms with van der Waals surface area (Å²) in [4.78, 5) is 39.4. The molecule has 1 saturated heterocycles. The van der Waals surface area contributed by atoms with E-state index in [4.69, 9.17) is 0 Å². The molecule has 3 aromatic heterocycles. The van der Waals surface area contributed by atoms with Gasteiger partial charge in [-0.1, -0.05) is 30.3 Å². The Morgan fingerprint density at radius 3 is 2.59 bits per heavy atom. The van der Waals surface area contributed by atoms with Crippen molar-refractivity contribution >= 4 is 33.5 Å². The van der Waals surface area contributed by atoms with E-state index in [1.165, 1.54) is 0 Å². The van der Waals surface area contributed by atoms with Gasteiger partial charge in [-0.05, 0) is 36.6 Å². The summed E-state index contributed by atoms with van der Waals surface area (Å²) >= 11 is 0. The molecule has 170 valence electrons. The number of benzene rings is 2. The highest BCUT2D eigenvalue weighted by Crippen LogP contribution is 2.46. The van der Waals surface area contributed by atoms with Crippen molar-refractivity contribution in [2.24, 2.45) is 0 Å². The van der Waals surface area contributed by atoms with E-state index in [0.717, 1.165) is 51.5 Å². The lowest BCUT2D eigenvalue weighted by Gasteiger charge is -2.27. The van der Waals surface area contributed by atoms with Crippen LogP contribution in [-0.2, 0) is 16.1 Å². The van der Waals surface area contributed by atoms with Crippen molar-refractivity contribution in [3.8, 4) is 0 Å². The minimum Gasteiger partial charge on any atom is -0.361 e. The first kappa shape index (κ1) is 20.5. The van der Waals surface area contributed by atoms with E-state index >= 15 is 0 Å². The van der Waals surface area contributed by atoms with Gasteiger partial charge in [0.1, 0.15) is 0 Å². The molecule has 0 saturated carbocycles. The molecular formula is C27H25N5O2. The molecule has 1 aliphatic rings. The predicted octanol–water partition coefficient (Wildman–Crippen LogP) is 4.48. The molecule has 0 radical (unpaired) electrons. The average Bonchev–Trinajstić information content (AvgIpc) is 3.62. The third kappa shape index (κ3) is 3.23. The van der Waals surface area contributed by atoms with Crippen LogP contribution in [0.1, 0.15) is 35.1 Å². The number of aryl methyl sites for hydroxylation is 2. The zero-order valence-electron chi connectivity index (χ0n) is 18.9. The molecule has 2 atom stereocenters. The van der Waals surface area contributed by atoms with Gasteiger partial charge in [-0.2, -0.15) is 0 Å². The zero-order valence-corrected chi connectivity index (χ0v) is 18.9. The molecule has 0 bridgehead atoms. The molecule has 6 rings (SSSR count). The van der Waals surface area contributed by atoms with Crippen molar-refractivity contribution < 1.29 is 9.59 Å². The van der Waals surface area contributed by atoms with Crippen molar-refractivity contribution in [3.63, 3.8) is 0 Å². The standard InChI is InChI=1S/C27H25N5O2/c1-17-7-8-19-21(15-30-23(19)13-17)25-24(20-14-29-22-6-3-2-5-18(20)22)26(33)27(34)32(25)11-4-10-31-12-9-28-16-31/h2-3,5-9,12-16,24-25,29-30H,4,10-11H2,1H3. The number of rotatable bonds is 6. The quantitative estimate of drug-likeness (QED) is 0.373. The second-order valence-electron chi connectivity index (χ2n) is 9.02. The summed E-state index contributed by atoms with van der Waals surface area (Å²) in [5.74, 6) is -1.33. The summed E-state index contributed by atoms with van der Waals surface area (Å²) in [7, 11) is 0. The Labute approximate surface area is 196 Å². The van der Waals surface area contributed by atoms with Gasteiger partial charge < -0.3 is 19.4 Å². The maximum atomic E-state index is 13.5. The number of carbonyl (C=O) groups excluding carboxylic acids is 2. The lowest BCUT2D eigenvalue weighted by Crippen LogP contribution is -2.31. The molecule has 4 heterocycles. The number of carbonyl (C=O) groups is 2. The highest BCUT2D eigenvalue weighted by molar-refractivity contribution is 6.41. The maximum Gasteiger partial charge on any atom is 0.291 e. The molecule has 1 fully saturated rings. The van der Waals surface area contributed by atoms with Gasteiger partial charge in [-0.25, -0.2) is 4.98 Å². The van der Waals surface area contributed by atoms with Gasteiger partial charge in [0.15, 0.2) is 0 Å². The Morgan fingerprint density at radius 2 is 1.74 bits per heavy atom. The topological polar surface area (TPSA) is 86.8 Å². The van der Waals surface area contributed by atoms with Gasteiger partial charge in [-0.15, -0.1) is 0 Å². The van der Waals surface area contributed by atoms with Crippen LogP contribution in [-0.4, -0.2) is 42.7 Å². The summed E-state index contributed by atoms with van der Waals surface area (Å²) in [6, 6.07) is 13.8. The van der Waals surface area contributed by atoms with Gasteiger partial charge in [0.25, 0.3) is 5.91 Å². The first-order chi connectivity index (χ1) is 16.6. The lowest BCUT2D eigenvalue weighted by molar-refractivity contribution is -0.140. The molecule has 7 heteroatoms. The number of H-pyrrole nitrogens is 2. The SMILES string of the molecule is Cc1ccc2c(C3C(c4c[nH]c5ccccc45)C(=O)C(=O)N3CCCn3ccnc3)c[nH]c2c1. The Balaban J connectivity index is 1.45. The van der Waals surface area contributed by atoms with Crippen LogP contribution in [0.4, 0.5) is 0 Å². The molecular weight excluding hydrogens is 426 g/mol. The van der Waals surface area contributed by atoms with Crippen LogP contribution < -0.4 is 0 Å². The van der Waals surface area contributed by atoms with Crippen LogP contribution in [0.15, 0.2) is 73.6 Å². The molecule has 0 aliphatic carbocycles. The number of imidazole rings is 1. The Morgan fingerprint density at radius 1 is 0.941 bits per heavy atom. The number of ketones is 1. The van der Waals surface area contributed by atoms with Crippen LogP contribution in [0, 0.1) is 6.92 Å². The largest absolute Gasteiger partial charge is 0.361 e. The van der Waals surface area contributed by atoms with Crippen molar-refractivity contribution in [2.45, 2.75) is 31.8 Å². The van der Waals surface area contributed by atoms with Gasteiger partial charge >= 0.3 is 0 Å². The van der Waals surface area contributed by atoms with Crippen LogP contribution in [0.5, 0.6) is 0 Å². The number of amides is 1. The fourth-order valence-electron chi connectivity index (χ4n) is 5.32. The number of likely N-dealkylation sites (tertiary alicyclic amines) is 1. The van der Waals surface area contributed by atoms with E-state index < -0.39 is 11.8 Å². The molecule has 34 heavy (non-hydrogen) atoms. The fourth-order valence-corrected chi connectivity index (χ4v) is 5.32. The molecule has 1 amide bonds. The molecule has 2 N–H and O–H groups in total. The lowest BCUT2D eigenvalue weighted by atomic mass is 9.86. The van der Waals surface area contributed by atoms with Gasteiger partial charge in [-0.3, -0.25) is 9.59 Å². The maximum absolute atomic E-state index is 13.5. The number of fused-ring (bicyclic) bond motifs is 2. The summed E-state index contributed by atoms with van der Waals surface area (Å²) in [5, 5.41) is 2.03. The zero-order chi connectivity index (χ0) is 23.2. The van der Waals surface area contributed by atoms with Crippen molar-refractivity contribution in [1.82, 2.24) is 24.4 Å². The molecule has 5 aromatic rings. The Bertz CT molecular complexity index is 1510. The number of nitrogens with zero attached hydrogens (tertiary/aromatic N) is 3. The highest BCUT2D eigenvalue weighted by Gasteiger charge is 2.49.